The topological polar surface area (TPSA) is 74.6 Å². The molecule has 7 heteroatoms. The first-order valence-electron chi connectivity index (χ1n) is 5.85. The molecular formula is C11H18N6S. The van der Waals surface area contributed by atoms with Crippen molar-refractivity contribution in [2.75, 3.05) is 0 Å². The Balaban J connectivity index is 2.07. The van der Waals surface area contributed by atoms with Crippen LogP contribution >= 0.6 is 11.8 Å². The zero-order valence-corrected chi connectivity index (χ0v) is 11.7. The Labute approximate surface area is 111 Å². The van der Waals surface area contributed by atoms with Gasteiger partial charge >= 0.3 is 0 Å². The van der Waals surface area contributed by atoms with Crippen LogP contribution in [0.4, 0.5) is 0 Å². The third-order valence-corrected chi connectivity index (χ3v) is 3.81. The third kappa shape index (κ3) is 2.56. The molecule has 2 N–H and O–H groups in total. The van der Waals surface area contributed by atoms with Crippen molar-refractivity contribution in [3.8, 4) is 0 Å². The predicted octanol–water partition coefficient (Wildman–Crippen LogP) is 1.34. The van der Waals surface area contributed by atoms with Crippen LogP contribution in [0.25, 0.3) is 0 Å². The van der Waals surface area contributed by atoms with Crippen molar-refractivity contribution in [1.29, 1.82) is 0 Å². The van der Waals surface area contributed by atoms with Gasteiger partial charge in [-0.3, -0.25) is 0 Å². The van der Waals surface area contributed by atoms with E-state index in [-0.39, 0.29) is 0 Å². The van der Waals surface area contributed by atoms with Gasteiger partial charge in [-0.05, 0) is 13.8 Å². The zero-order chi connectivity index (χ0) is 13.1. The first kappa shape index (κ1) is 13.1. The second-order valence-corrected chi connectivity index (χ2v) is 5.28. The smallest absolute Gasteiger partial charge is 0.191 e. The summed E-state index contributed by atoms with van der Waals surface area (Å²) in [5, 5.41) is 9.04. The largest absolute Gasteiger partial charge is 0.331 e. The molecule has 0 amide bonds. The molecule has 2 aromatic heterocycles. The van der Waals surface area contributed by atoms with Crippen molar-refractivity contribution in [2.24, 2.45) is 12.8 Å². The first-order chi connectivity index (χ1) is 8.63. The minimum absolute atomic E-state index is 0.411. The molecule has 0 fully saturated rings. The average Bonchev–Trinajstić information content (AvgIpc) is 2.93. The summed E-state index contributed by atoms with van der Waals surface area (Å²) in [6, 6.07) is 0.419. The fourth-order valence-corrected chi connectivity index (χ4v) is 2.59. The molecule has 98 valence electrons. The molecule has 0 bridgehead atoms. The van der Waals surface area contributed by atoms with Crippen molar-refractivity contribution in [3.05, 3.63) is 24.0 Å². The number of imidazole rings is 1. The highest BCUT2D eigenvalue weighted by Gasteiger charge is 2.10. The minimum Gasteiger partial charge on any atom is -0.331 e. The number of nitrogens with two attached hydrogens (primary N) is 1. The van der Waals surface area contributed by atoms with Crippen LogP contribution in [0.2, 0.25) is 0 Å². The van der Waals surface area contributed by atoms with E-state index in [1.807, 2.05) is 24.1 Å². The third-order valence-electron chi connectivity index (χ3n) is 2.76. The zero-order valence-electron chi connectivity index (χ0n) is 10.9. The molecule has 6 nitrogen and oxygen atoms in total. The molecule has 0 radical (unpaired) electrons. The van der Waals surface area contributed by atoms with E-state index >= 15 is 0 Å². The van der Waals surface area contributed by atoms with Crippen LogP contribution in [0.3, 0.4) is 0 Å². The maximum Gasteiger partial charge on any atom is 0.191 e. The van der Waals surface area contributed by atoms with Gasteiger partial charge in [-0.15, -0.1) is 10.2 Å². The number of aromatic nitrogens is 5. The number of hydrogen-bond donors (Lipinski definition) is 1. The summed E-state index contributed by atoms with van der Waals surface area (Å²) in [5.74, 6) is 1.63. The molecule has 0 saturated carbocycles. The van der Waals surface area contributed by atoms with Crippen LogP contribution in [0.1, 0.15) is 31.4 Å². The van der Waals surface area contributed by atoms with Gasteiger partial charge in [-0.2, -0.15) is 0 Å². The highest BCUT2D eigenvalue weighted by molar-refractivity contribution is 7.98. The van der Waals surface area contributed by atoms with E-state index in [1.54, 1.807) is 11.8 Å². The fourth-order valence-electron chi connectivity index (χ4n) is 1.70. The van der Waals surface area contributed by atoms with E-state index in [9.17, 15) is 0 Å². The molecular weight excluding hydrogens is 248 g/mol. The highest BCUT2D eigenvalue weighted by Crippen LogP contribution is 2.22. The molecule has 0 atom stereocenters. The van der Waals surface area contributed by atoms with Crippen molar-refractivity contribution < 1.29 is 0 Å². The monoisotopic (exact) mass is 266 g/mol. The molecule has 18 heavy (non-hydrogen) atoms. The van der Waals surface area contributed by atoms with Crippen LogP contribution in [0.5, 0.6) is 0 Å². The number of nitrogens with zero attached hydrogens (tertiary/aromatic N) is 5. The number of hydrogen-bond acceptors (Lipinski definition) is 5. The van der Waals surface area contributed by atoms with Gasteiger partial charge in [0.2, 0.25) is 0 Å². The SMILES string of the molecule is CC(C)n1cncc1CSc1nnc(CN)n1C. The molecule has 0 unspecified atom stereocenters. The lowest BCUT2D eigenvalue weighted by Crippen LogP contribution is -2.06. The maximum absolute atomic E-state index is 5.57. The minimum atomic E-state index is 0.411. The standard InChI is InChI=1S/C11H18N6S/c1-8(2)17-7-13-5-9(17)6-18-11-15-14-10(4-12)16(11)3/h5,7-8H,4,6,12H2,1-3H3. The van der Waals surface area contributed by atoms with E-state index in [0.29, 0.717) is 12.6 Å². The predicted molar refractivity (Wildman–Crippen MR) is 71.1 cm³/mol. The second kappa shape index (κ2) is 5.53. The van der Waals surface area contributed by atoms with Crippen LogP contribution in [-0.4, -0.2) is 24.3 Å². The maximum atomic E-state index is 5.57. The molecule has 0 aliphatic rings. The lowest BCUT2D eigenvalue weighted by molar-refractivity contribution is 0.583. The van der Waals surface area contributed by atoms with Crippen LogP contribution in [0, 0.1) is 0 Å². The summed E-state index contributed by atoms with van der Waals surface area (Å²) in [5.41, 5.74) is 6.76. The molecule has 0 aromatic carbocycles. The summed E-state index contributed by atoms with van der Waals surface area (Å²) in [4.78, 5) is 4.19. The van der Waals surface area contributed by atoms with Gasteiger partial charge in [0.1, 0.15) is 5.82 Å². The summed E-state index contributed by atoms with van der Waals surface area (Å²) >= 11 is 1.65. The van der Waals surface area contributed by atoms with E-state index in [0.717, 1.165) is 16.7 Å². The Morgan fingerprint density at radius 2 is 2.17 bits per heavy atom. The molecule has 0 aliphatic heterocycles. The van der Waals surface area contributed by atoms with E-state index < -0.39 is 0 Å². The summed E-state index contributed by atoms with van der Waals surface area (Å²) < 4.78 is 4.09. The van der Waals surface area contributed by atoms with Gasteiger partial charge in [0.15, 0.2) is 5.16 Å². The normalized spacial score (nSPS) is 11.4. The Morgan fingerprint density at radius 1 is 1.39 bits per heavy atom. The molecule has 2 rings (SSSR count). The van der Waals surface area contributed by atoms with Gasteiger partial charge in [-0.25, -0.2) is 4.98 Å². The quantitative estimate of drug-likeness (QED) is 0.827. The number of thioether (sulfide) groups is 1. The summed E-state index contributed by atoms with van der Waals surface area (Å²) in [6.45, 7) is 4.70. The van der Waals surface area contributed by atoms with Crippen LogP contribution < -0.4 is 5.73 Å². The van der Waals surface area contributed by atoms with Gasteiger partial charge in [0.05, 0.1) is 12.9 Å². The van der Waals surface area contributed by atoms with Gasteiger partial charge in [0, 0.05) is 30.7 Å². The molecule has 0 saturated heterocycles. The van der Waals surface area contributed by atoms with Crippen LogP contribution in [-0.2, 0) is 19.3 Å². The summed E-state index contributed by atoms with van der Waals surface area (Å²) in [6.07, 6.45) is 3.76. The lowest BCUT2D eigenvalue weighted by Gasteiger charge is -2.11. The lowest BCUT2D eigenvalue weighted by atomic mass is 10.4. The van der Waals surface area contributed by atoms with Crippen molar-refractivity contribution in [2.45, 2.75) is 37.3 Å². The average molecular weight is 266 g/mol. The highest BCUT2D eigenvalue weighted by atomic mass is 32.2. The van der Waals surface area contributed by atoms with Gasteiger partial charge in [-0.1, -0.05) is 11.8 Å². The van der Waals surface area contributed by atoms with E-state index in [4.69, 9.17) is 5.73 Å². The van der Waals surface area contributed by atoms with E-state index in [1.165, 1.54) is 5.69 Å². The molecule has 0 aliphatic carbocycles. The summed E-state index contributed by atoms with van der Waals surface area (Å²) in [7, 11) is 1.93. The fraction of sp³-hybridized carbons (Fsp3) is 0.545. The number of rotatable bonds is 5. The molecule has 2 aromatic rings. The van der Waals surface area contributed by atoms with Crippen molar-refractivity contribution in [1.82, 2.24) is 24.3 Å². The first-order valence-corrected chi connectivity index (χ1v) is 6.84. The van der Waals surface area contributed by atoms with Crippen LogP contribution in [0.15, 0.2) is 17.7 Å². The van der Waals surface area contributed by atoms with Crippen molar-refractivity contribution in [3.63, 3.8) is 0 Å². The second-order valence-electron chi connectivity index (χ2n) is 4.34. The Hall–Kier alpha value is -1.34. The molecule has 2 heterocycles. The van der Waals surface area contributed by atoms with E-state index in [2.05, 4.69) is 33.6 Å². The Morgan fingerprint density at radius 3 is 2.78 bits per heavy atom. The molecule has 0 spiro atoms. The van der Waals surface area contributed by atoms with Crippen molar-refractivity contribution >= 4 is 11.8 Å². The Kier molecular flexibility index (Phi) is 4.03. The van der Waals surface area contributed by atoms with Gasteiger partial charge in [0.25, 0.3) is 0 Å². The van der Waals surface area contributed by atoms with Gasteiger partial charge < -0.3 is 14.9 Å². The Bertz CT molecular complexity index is 515.